The molecule has 176 valence electrons. The smallest absolute Gasteiger partial charge is 0.244 e. The second-order valence-corrected chi connectivity index (χ2v) is 8.93. The van der Waals surface area contributed by atoms with Crippen molar-refractivity contribution in [3.05, 3.63) is 77.9 Å². The standard InChI is InChI=1S/C25H20N4O5S/c30-24(27-17-7-9-19-21(11-17)34-14-32-19)23-22(16-4-2-1-3-5-16)28-29-25(35-23)26-12-15-6-8-18-20(10-15)33-13-31-18/h1-11,23H,12-14H2,(H,26,29)(H,27,30)/t23-/m1/s1. The fourth-order valence-electron chi connectivity index (χ4n) is 3.82. The van der Waals surface area contributed by atoms with E-state index in [1.54, 1.807) is 18.2 Å². The number of hydrogen-bond acceptors (Lipinski definition) is 8. The normalized spacial score (nSPS) is 18.7. The molecule has 6 rings (SSSR count). The second-order valence-electron chi connectivity index (χ2n) is 7.84. The molecule has 0 bridgehead atoms. The summed E-state index contributed by atoms with van der Waals surface area (Å²) in [6, 6.07) is 20.6. The maximum Gasteiger partial charge on any atom is 0.244 e. The van der Waals surface area contributed by atoms with E-state index in [2.05, 4.69) is 20.8 Å². The van der Waals surface area contributed by atoms with Gasteiger partial charge < -0.3 is 24.3 Å². The fraction of sp³-hybridized carbons (Fsp3) is 0.160. The van der Waals surface area contributed by atoms with Crippen LogP contribution in [0.5, 0.6) is 23.0 Å². The van der Waals surface area contributed by atoms with Crippen LogP contribution in [0, 0.1) is 0 Å². The number of anilines is 1. The predicted octanol–water partition coefficient (Wildman–Crippen LogP) is 3.75. The van der Waals surface area contributed by atoms with Crippen LogP contribution in [0.2, 0.25) is 0 Å². The number of rotatable bonds is 5. The molecule has 1 atom stereocenters. The summed E-state index contributed by atoms with van der Waals surface area (Å²) in [7, 11) is 0. The SMILES string of the molecule is O=C(Nc1ccc2c(c1)OCO2)[C@@H]1SC(=NCc2ccc3c(c2)OCO3)NN=C1c1ccccc1. The average Bonchev–Trinajstić information content (AvgIpc) is 3.56. The van der Waals surface area contributed by atoms with E-state index in [0.717, 1.165) is 16.9 Å². The molecule has 3 aliphatic heterocycles. The number of ether oxygens (including phenoxy) is 4. The van der Waals surface area contributed by atoms with Crippen LogP contribution >= 0.6 is 11.8 Å². The van der Waals surface area contributed by atoms with Crippen molar-refractivity contribution in [2.24, 2.45) is 10.1 Å². The van der Waals surface area contributed by atoms with Crippen LogP contribution < -0.4 is 29.7 Å². The molecule has 2 N–H and O–H groups in total. The lowest BCUT2D eigenvalue weighted by Crippen LogP contribution is -2.40. The van der Waals surface area contributed by atoms with Crippen molar-refractivity contribution in [3.63, 3.8) is 0 Å². The Balaban J connectivity index is 1.23. The van der Waals surface area contributed by atoms with Crippen molar-refractivity contribution in [1.29, 1.82) is 0 Å². The molecule has 0 unspecified atom stereocenters. The Bertz CT molecular complexity index is 1340. The Morgan fingerprint density at radius 3 is 2.46 bits per heavy atom. The van der Waals surface area contributed by atoms with E-state index in [1.165, 1.54) is 11.8 Å². The van der Waals surface area contributed by atoms with E-state index < -0.39 is 5.25 Å². The topological polar surface area (TPSA) is 103 Å². The maximum atomic E-state index is 13.4. The van der Waals surface area contributed by atoms with Gasteiger partial charge in [0.15, 0.2) is 28.2 Å². The first-order valence-electron chi connectivity index (χ1n) is 10.9. The van der Waals surface area contributed by atoms with Crippen molar-refractivity contribution in [2.45, 2.75) is 11.8 Å². The molecule has 3 heterocycles. The van der Waals surface area contributed by atoms with Gasteiger partial charge in [-0.05, 0) is 35.4 Å². The molecular formula is C25H20N4O5S. The summed E-state index contributed by atoms with van der Waals surface area (Å²) in [5.41, 5.74) is 6.05. The molecule has 10 heteroatoms. The Kier molecular flexibility index (Phi) is 5.63. The van der Waals surface area contributed by atoms with Gasteiger partial charge in [0.2, 0.25) is 19.5 Å². The minimum atomic E-state index is -0.612. The van der Waals surface area contributed by atoms with E-state index in [9.17, 15) is 4.79 Å². The minimum Gasteiger partial charge on any atom is -0.454 e. The van der Waals surface area contributed by atoms with Crippen LogP contribution in [0.25, 0.3) is 0 Å². The summed E-state index contributed by atoms with van der Waals surface area (Å²) in [5.74, 6) is 2.47. The molecule has 1 amide bonds. The van der Waals surface area contributed by atoms with Crippen LogP contribution in [0.4, 0.5) is 5.69 Å². The third-order valence-electron chi connectivity index (χ3n) is 5.54. The van der Waals surface area contributed by atoms with Crippen LogP contribution in [0.15, 0.2) is 76.8 Å². The molecule has 35 heavy (non-hydrogen) atoms. The molecule has 0 saturated heterocycles. The van der Waals surface area contributed by atoms with Crippen molar-refractivity contribution in [1.82, 2.24) is 5.43 Å². The Morgan fingerprint density at radius 2 is 1.66 bits per heavy atom. The summed E-state index contributed by atoms with van der Waals surface area (Å²) >= 11 is 1.32. The molecule has 0 spiro atoms. The molecule has 0 radical (unpaired) electrons. The first-order valence-corrected chi connectivity index (χ1v) is 11.8. The largest absolute Gasteiger partial charge is 0.454 e. The number of nitrogens with one attached hydrogen (secondary N) is 2. The van der Waals surface area contributed by atoms with Gasteiger partial charge in [-0.15, -0.1) is 0 Å². The zero-order valence-corrected chi connectivity index (χ0v) is 19.2. The third kappa shape index (κ3) is 4.47. The highest BCUT2D eigenvalue weighted by molar-refractivity contribution is 8.15. The van der Waals surface area contributed by atoms with Crippen molar-refractivity contribution >= 4 is 34.2 Å². The molecule has 0 aliphatic carbocycles. The summed E-state index contributed by atoms with van der Waals surface area (Å²) in [5, 5.41) is 7.43. The number of amides is 1. The van der Waals surface area contributed by atoms with Gasteiger partial charge in [-0.25, -0.2) is 0 Å². The van der Waals surface area contributed by atoms with Gasteiger partial charge in [-0.2, -0.15) is 5.10 Å². The van der Waals surface area contributed by atoms with Gasteiger partial charge in [0.05, 0.1) is 12.3 Å². The number of amidine groups is 1. The Hall–Kier alpha value is -4.18. The second kappa shape index (κ2) is 9.22. The third-order valence-corrected chi connectivity index (χ3v) is 6.66. The highest BCUT2D eigenvalue weighted by Gasteiger charge is 2.32. The van der Waals surface area contributed by atoms with E-state index in [-0.39, 0.29) is 19.5 Å². The quantitative estimate of drug-likeness (QED) is 0.564. The molecule has 0 fully saturated rings. The molecule has 3 aliphatic rings. The number of thioether (sulfide) groups is 1. The fourth-order valence-corrected chi connectivity index (χ4v) is 4.75. The van der Waals surface area contributed by atoms with Crippen LogP contribution in [0.3, 0.4) is 0 Å². The first kappa shape index (κ1) is 21.4. The Labute approximate surface area is 205 Å². The lowest BCUT2D eigenvalue weighted by molar-refractivity contribution is -0.114. The number of aliphatic imine (C=N–C) groups is 1. The van der Waals surface area contributed by atoms with Gasteiger partial charge >= 0.3 is 0 Å². The molecular weight excluding hydrogens is 468 g/mol. The van der Waals surface area contributed by atoms with Crippen molar-refractivity contribution < 1.29 is 23.7 Å². The number of hydrogen-bond donors (Lipinski definition) is 2. The predicted molar refractivity (Wildman–Crippen MR) is 132 cm³/mol. The van der Waals surface area contributed by atoms with Gasteiger partial charge in [0.25, 0.3) is 0 Å². The Morgan fingerprint density at radius 1 is 0.943 bits per heavy atom. The monoisotopic (exact) mass is 488 g/mol. The van der Waals surface area contributed by atoms with E-state index in [4.69, 9.17) is 18.9 Å². The van der Waals surface area contributed by atoms with Gasteiger partial charge in [-0.3, -0.25) is 15.2 Å². The van der Waals surface area contributed by atoms with Gasteiger partial charge in [-0.1, -0.05) is 48.2 Å². The van der Waals surface area contributed by atoms with E-state index in [0.29, 0.717) is 40.4 Å². The molecule has 9 nitrogen and oxygen atoms in total. The summed E-state index contributed by atoms with van der Waals surface area (Å²) in [6.07, 6.45) is 0. The van der Waals surface area contributed by atoms with E-state index >= 15 is 0 Å². The molecule has 0 aromatic heterocycles. The molecule has 3 aromatic rings. The van der Waals surface area contributed by atoms with Crippen LogP contribution in [-0.2, 0) is 11.3 Å². The maximum absolute atomic E-state index is 13.4. The number of hydrazone groups is 1. The highest BCUT2D eigenvalue weighted by atomic mass is 32.2. The lowest BCUT2D eigenvalue weighted by atomic mass is 10.1. The first-order chi connectivity index (χ1) is 17.2. The van der Waals surface area contributed by atoms with Crippen molar-refractivity contribution in [2.75, 3.05) is 18.9 Å². The average molecular weight is 489 g/mol. The zero-order valence-electron chi connectivity index (χ0n) is 18.4. The molecule has 0 saturated carbocycles. The number of benzene rings is 3. The highest BCUT2D eigenvalue weighted by Crippen LogP contribution is 2.35. The van der Waals surface area contributed by atoms with Crippen LogP contribution in [-0.4, -0.2) is 35.6 Å². The number of carbonyl (C=O) groups excluding carboxylic acids is 1. The minimum absolute atomic E-state index is 0.172. The molecule has 3 aromatic carbocycles. The lowest BCUT2D eigenvalue weighted by Gasteiger charge is -2.24. The summed E-state index contributed by atoms with van der Waals surface area (Å²) in [4.78, 5) is 18.0. The van der Waals surface area contributed by atoms with Gasteiger partial charge in [0, 0.05) is 11.8 Å². The van der Waals surface area contributed by atoms with Gasteiger partial charge in [0.1, 0.15) is 5.25 Å². The van der Waals surface area contributed by atoms with Crippen molar-refractivity contribution in [3.8, 4) is 23.0 Å². The summed E-state index contributed by atoms with van der Waals surface area (Å²) < 4.78 is 21.6. The zero-order chi connectivity index (χ0) is 23.6. The number of fused-ring (bicyclic) bond motifs is 2. The van der Waals surface area contributed by atoms with Crippen LogP contribution in [0.1, 0.15) is 11.1 Å². The van der Waals surface area contributed by atoms with E-state index in [1.807, 2.05) is 48.5 Å². The number of nitrogens with zero attached hydrogens (tertiary/aromatic N) is 2. The summed E-state index contributed by atoms with van der Waals surface area (Å²) in [6.45, 7) is 0.797. The number of carbonyl (C=O) groups is 1.